The van der Waals surface area contributed by atoms with Gasteiger partial charge in [-0.25, -0.2) is 4.98 Å². The van der Waals surface area contributed by atoms with Gasteiger partial charge < -0.3 is 10.4 Å². The maximum Gasteiger partial charge on any atom is 0.143 e. The number of aryl methyl sites for hydroxylation is 1. The van der Waals surface area contributed by atoms with E-state index in [1.54, 1.807) is 30.5 Å². The first-order valence-electron chi connectivity index (χ1n) is 8.01. The number of fused-ring (bicyclic) bond motifs is 1. The molecule has 0 amide bonds. The van der Waals surface area contributed by atoms with Crippen molar-refractivity contribution in [1.82, 2.24) is 9.38 Å². The van der Waals surface area contributed by atoms with Gasteiger partial charge in [-0.2, -0.15) is 0 Å². The second-order valence-corrected chi connectivity index (χ2v) is 6.87. The highest BCUT2D eigenvalue weighted by Gasteiger charge is 2.15. The van der Waals surface area contributed by atoms with E-state index in [4.69, 9.17) is 28.2 Å². The number of benzene rings is 2. The highest BCUT2D eigenvalue weighted by molar-refractivity contribution is 6.31. The molecule has 0 aliphatic carbocycles. The molecule has 2 aromatic carbocycles. The minimum Gasteiger partial charge on any atom is -0.508 e. The number of nitrogens with zero attached hydrogens (tertiary/aromatic N) is 2. The maximum absolute atomic E-state index is 9.85. The largest absolute Gasteiger partial charge is 0.508 e. The van der Waals surface area contributed by atoms with E-state index in [-0.39, 0.29) is 5.75 Å². The summed E-state index contributed by atoms with van der Waals surface area (Å²) in [6.07, 6.45) is 1.80. The van der Waals surface area contributed by atoms with Crippen molar-refractivity contribution < 1.29 is 5.11 Å². The van der Waals surface area contributed by atoms with E-state index in [1.165, 1.54) is 0 Å². The smallest absolute Gasteiger partial charge is 0.143 e. The molecular formula is C20H15Cl2N3O. The van der Waals surface area contributed by atoms with Gasteiger partial charge in [0.2, 0.25) is 0 Å². The molecule has 0 saturated heterocycles. The Balaban J connectivity index is 1.91. The Bertz CT molecular complexity index is 1120. The molecule has 2 N–H and O–H groups in total. The maximum atomic E-state index is 9.85. The number of phenolic OH excluding ortho intramolecular Hbond substituents is 1. The molecule has 2 aromatic heterocycles. The number of halogens is 2. The Morgan fingerprint density at radius 3 is 2.65 bits per heavy atom. The average molecular weight is 384 g/mol. The van der Waals surface area contributed by atoms with Gasteiger partial charge in [-0.05, 0) is 48.9 Å². The molecule has 26 heavy (non-hydrogen) atoms. The molecule has 6 heteroatoms. The van der Waals surface area contributed by atoms with Crippen LogP contribution in [0, 0.1) is 6.92 Å². The third-order valence-electron chi connectivity index (χ3n) is 4.14. The summed E-state index contributed by atoms with van der Waals surface area (Å²) in [4.78, 5) is 4.70. The predicted octanol–water partition coefficient (Wildman–Crippen LogP) is 6.07. The molecule has 0 radical (unpaired) electrons. The molecule has 2 heterocycles. The number of anilines is 2. The van der Waals surface area contributed by atoms with Crippen LogP contribution in [0.15, 0.2) is 60.8 Å². The van der Waals surface area contributed by atoms with Crippen molar-refractivity contribution in [3.05, 3.63) is 76.4 Å². The molecule has 0 spiro atoms. The highest BCUT2D eigenvalue weighted by Crippen LogP contribution is 2.34. The summed E-state index contributed by atoms with van der Waals surface area (Å²) in [5, 5.41) is 14.5. The minimum atomic E-state index is 0.182. The van der Waals surface area contributed by atoms with E-state index in [2.05, 4.69) is 5.32 Å². The zero-order valence-corrected chi connectivity index (χ0v) is 15.4. The Labute approximate surface area is 160 Å². The van der Waals surface area contributed by atoms with Crippen molar-refractivity contribution in [2.75, 3.05) is 5.32 Å². The lowest BCUT2D eigenvalue weighted by Gasteiger charge is -2.10. The van der Waals surface area contributed by atoms with Crippen LogP contribution in [-0.2, 0) is 0 Å². The van der Waals surface area contributed by atoms with Crippen LogP contribution in [0.25, 0.3) is 16.9 Å². The zero-order chi connectivity index (χ0) is 18.3. The monoisotopic (exact) mass is 383 g/mol. The van der Waals surface area contributed by atoms with Crippen LogP contribution in [0.3, 0.4) is 0 Å². The van der Waals surface area contributed by atoms with E-state index >= 15 is 0 Å². The summed E-state index contributed by atoms with van der Waals surface area (Å²) in [5.74, 6) is 0.926. The van der Waals surface area contributed by atoms with E-state index in [0.717, 1.165) is 28.3 Å². The molecule has 0 bridgehead atoms. The molecule has 4 aromatic rings. The molecular weight excluding hydrogens is 369 g/mol. The summed E-state index contributed by atoms with van der Waals surface area (Å²) < 4.78 is 1.88. The number of aromatic hydroxyl groups is 1. The highest BCUT2D eigenvalue weighted by atomic mass is 35.5. The van der Waals surface area contributed by atoms with Crippen LogP contribution in [0.1, 0.15) is 5.56 Å². The molecule has 4 rings (SSSR count). The van der Waals surface area contributed by atoms with Crippen LogP contribution in [0.5, 0.6) is 5.75 Å². The normalized spacial score (nSPS) is 11.0. The van der Waals surface area contributed by atoms with Crippen molar-refractivity contribution >= 4 is 40.4 Å². The lowest BCUT2D eigenvalue weighted by molar-refractivity contribution is 0.475. The molecule has 4 nitrogen and oxygen atoms in total. The fourth-order valence-corrected chi connectivity index (χ4v) is 3.14. The summed E-state index contributed by atoms with van der Waals surface area (Å²) in [6.45, 7) is 1.96. The Kier molecular flexibility index (Phi) is 4.23. The van der Waals surface area contributed by atoms with Gasteiger partial charge in [0.15, 0.2) is 0 Å². The van der Waals surface area contributed by atoms with Gasteiger partial charge >= 0.3 is 0 Å². The fourth-order valence-electron chi connectivity index (χ4n) is 2.80. The number of rotatable bonds is 3. The lowest BCUT2D eigenvalue weighted by Crippen LogP contribution is -1.97. The lowest BCUT2D eigenvalue weighted by atomic mass is 10.1. The van der Waals surface area contributed by atoms with E-state index in [1.807, 2.05) is 41.7 Å². The molecule has 0 aliphatic heterocycles. The summed E-state index contributed by atoms with van der Waals surface area (Å²) in [5.41, 5.74) is 4.09. The summed E-state index contributed by atoms with van der Waals surface area (Å²) in [7, 11) is 0. The number of hydrogen-bond donors (Lipinski definition) is 2. The Hall–Kier alpha value is -2.69. The number of pyridine rings is 1. The Morgan fingerprint density at radius 2 is 1.88 bits per heavy atom. The van der Waals surface area contributed by atoms with Crippen LogP contribution >= 0.6 is 23.2 Å². The summed E-state index contributed by atoms with van der Waals surface area (Å²) >= 11 is 12.4. The van der Waals surface area contributed by atoms with Gasteiger partial charge in [0.05, 0.1) is 5.02 Å². The van der Waals surface area contributed by atoms with Gasteiger partial charge in [0.1, 0.15) is 22.9 Å². The number of phenols is 1. The number of hydrogen-bond acceptors (Lipinski definition) is 3. The third kappa shape index (κ3) is 3.09. The van der Waals surface area contributed by atoms with Gasteiger partial charge in [-0.1, -0.05) is 41.4 Å². The quantitative estimate of drug-likeness (QED) is 0.451. The minimum absolute atomic E-state index is 0.182. The van der Waals surface area contributed by atoms with Crippen molar-refractivity contribution in [3.63, 3.8) is 0 Å². The average Bonchev–Trinajstić information content (AvgIpc) is 2.96. The number of nitrogens with one attached hydrogen (secondary N) is 1. The second kappa shape index (κ2) is 6.56. The molecule has 130 valence electrons. The molecule has 0 atom stereocenters. The third-order valence-corrected chi connectivity index (χ3v) is 4.77. The van der Waals surface area contributed by atoms with Gasteiger partial charge in [0, 0.05) is 22.5 Å². The fraction of sp³-hybridized carbons (Fsp3) is 0.0500. The number of aromatic nitrogens is 2. The van der Waals surface area contributed by atoms with Crippen LogP contribution in [0.2, 0.25) is 10.0 Å². The van der Waals surface area contributed by atoms with Crippen molar-refractivity contribution in [2.45, 2.75) is 6.92 Å². The van der Waals surface area contributed by atoms with Crippen molar-refractivity contribution in [1.29, 1.82) is 0 Å². The zero-order valence-electron chi connectivity index (χ0n) is 13.9. The van der Waals surface area contributed by atoms with Gasteiger partial charge in [0.25, 0.3) is 0 Å². The first-order valence-corrected chi connectivity index (χ1v) is 8.77. The van der Waals surface area contributed by atoms with E-state index in [9.17, 15) is 5.11 Å². The van der Waals surface area contributed by atoms with E-state index < -0.39 is 0 Å². The number of imidazole rings is 1. The first-order chi connectivity index (χ1) is 12.5. The molecule has 0 unspecified atom stereocenters. The van der Waals surface area contributed by atoms with Crippen molar-refractivity contribution in [3.8, 4) is 17.0 Å². The van der Waals surface area contributed by atoms with Crippen LogP contribution in [-0.4, -0.2) is 14.5 Å². The molecule has 0 aliphatic rings. The SMILES string of the molecule is Cc1ccc(Nc2c(-c3cccc(O)c3)nc3ccc(Cl)cn23)cc1Cl. The standard InChI is InChI=1S/C20H15Cl2N3O/c1-12-5-7-15(10-17(12)22)23-20-19(13-3-2-4-16(26)9-13)24-18-8-6-14(21)11-25(18)20/h2-11,23,26H,1H3. The van der Waals surface area contributed by atoms with Crippen LogP contribution < -0.4 is 5.32 Å². The second-order valence-electron chi connectivity index (χ2n) is 6.02. The molecule has 0 fully saturated rings. The molecule has 0 saturated carbocycles. The van der Waals surface area contributed by atoms with Gasteiger partial charge in [-0.15, -0.1) is 0 Å². The van der Waals surface area contributed by atoms with Crippen molar-refractivity contribution in [2.24, 2.45) is 0 Å². The first kappa shape index (κ1) is 16.8. The summed E-state index contributed by atoms with van der Waals surface area (Å²) in [6, 6.07) is 16.4. The Morgan fingerprint density at radius 1 is 1.04 bits per heavy atom. The predicted molar refractivity (Wildman–Crippen MR) is 107 cm³/mol. The topological polar surface area (TPSA) is 49.6 Å². The van der Waals surface area contributed by atoms with E-state index in [0.29, 0.717) is 15.7 Å². The van der Waals surface area contributed by atoms with Gasteiger partial charge in [-0.3, -0.25) is 4.40 Å². The van der Waals surface area contributed by atoms with Crippen LogP contribution in [0.4, 0.5) is 11.5 Å².